The van der Waals surface area contributed by atoms with Gasteiger partial charge in [-0.25, -0.2) is 0 Å². The van der Waals surface area contributed by atoms with E-state index in [9.17, 15) is 0 Å². The van der Waals surface area contributed by atoms with Crippen molar-refractivity contribution >= 4 is 12.6 Å². The van der Waals surface area contributed by atoms with Crippen LogP contribution in [0.4, 0.5) is 0 Å². The van der Waals surface area contributed by atoms with Crippen LogP contribution in [0, 0.1) is 13.8 Å². The highest BCUT2D eigenvalue weighted by molar-refractivity contribution is 7.80. The zero-order valence-electron chi connectivity index (χ0n) is 8.87. The second-order valence-corrected chi connectivity index (χ2v) is 4.08. The third-order valence-electron chi connectivity index (χ3n) is 2.23. The van der Waals surface area contributed by atoms with Gasteiger partial charge >= 0.3 is 0 Å². The van der Waals surface area contributed by atoms with E-state index in [-0.39, 0.29) is 5.25 Å². The summed E-state index contributed by atoms with van der Waals surface area (Å²) in [5, 5.41) is 0.0450. The van der Waals surface area contributed by atoms with E-state index in [0.717, 1.165) is 16.9 Å². The summed E-state index contributed by atoms with van der Waals surface area (Å²) in [6, 6.07) is 4.18. The van der Waals surface area contributed by atoms with Crippen LogP contribution in [-0.2, 0) is 0 Å². The topological polar surface area (TPSA) is 35.2 Å². The van der Waals surface area contributed by atoms with Crippen molar-refractivity contribution in [1.29, 1.82) is 0 Å². The Labute approximate surface area is 90.9 Å². The highest BCUT2D eigenvalue weighted by Crippen LogP contribution is 2.32. The molecule has 0 amide bonds. The number of hydrogen-bond acceptors (Lipinski definition) is 3. The lowest BCUT2D eigenvalue weighted by atomic mass is 10.0. The fraction of sp³-hybridized carbons (Fsp3) is 0.455. The first-order valence-corrected chi connectivity index (χ1v) is 5.15. The van der Waals surface area contributed by atoms with E-state index < -0.39 is 0 Å². The Morgan fingerprint density at radius 2 is 2.07 bits per heavy atom. The van der Waals surface area contributed by atoms with E-state index in [1.165, 1.54) is 5.56 Å². The molecule has 1 aromatic carbocycles. The Kier molecular flexibility index (Phi) is 3.84. The maximum Gasteiger partial charge on any atom is 0.126 e. The summed E-state index contributed by atoms with van der Waals surface area (Å²) in [6.07, 6.45) is 0. The van der Waals surface area contributed by atoms with Gasteiger partial charge in [-0.2, -0.15) is 12.6 Å². The number of hydrogen-bond donors (Lipinski definition) is 2. The standard InChI is InChI=1S/C11H17NOS/c1-7-4-8(2)11(13-3)9(5-7)10(14)6-12/h4-5,10,14H,6,12H2,1-3H3. The van der Waals surface area contributed by atoms with Crippen molar-refractivity contribution in [1.82, 2.24) is 0 Å². The largest absolute Gasteiger partial charge is 0.496 e. The van der Waals surface area contributed by atoms with Crippen LogP contribution in [0.3, 0.4) is 0 Å². The lowest BCUT2D eigenvalue weighted by Crippen LogP contribution is -2.09. The molecule has 0 aromatic heterocycles. The van der Waals surface area contributed by atoms with Crippen molar-refractivity contribution in [3.05, 3.63) is 28.8 Å². The molecule has 0 aliphatic heterocycles. The third kappa shape index (κ3) is 2.22. The molecule has 0 aliphatic rings. The first-order valence-electron chi connectivity index (χ1n) is 4.63. The van der Waals surface area contributed by atoms with Crippen LogP contribution in [0.25, 0.3) is 0 Å². The molecule has 1 aromatic rings. The van der Waals surface area contributed by atoms with Gasteiger partial charge in [0.05, 0.1) is 7.11 Å². The average molecular weight is 211 g/mol. The molecule has 0 aliphatic carbocycles. The molecule has 0 radical (unpaired) electrons. The number of benzene rings is 1. The molecule has 78 valence electrons. The van der Waals surface area contributed by atoms with Crippen molar-refractivity contribution in [3.63, 3.8) is 0 Å². The summed E-state index contributed by atoms with van der Waals surface area (Å²) in [5.74, 6) is 0.904. The van der Waals surface area contributed by atoms with E-state index in [2.05, 4.69) is 31.7 Å². The van der Waals surface area contributed by atoms with Crippen LogP contribution in [0.15, 0.2) is 12.1 Å². The number of nitrogens with two attached hydrogens (primary N) is 1. The highest BCUT2D eigenvalue weighted by Gasteiger charge is 2.13. The Morgan fingerprint density at radius 1 is 1.43 bits per heavy atom. The van der Waals surface area contributed by atoms with E-state index in [1.54, 1.807) is 7.11 Å². The lowest BCUT2D eigenvalue weighted by molar-refractivity contribution is 0.406. The smallest absolute Gasteiger partial charge is 0.126 e. The zero-order valence-corrected chi connectivity index (χ0v) is 9.77. The van der Waals surface area contributed by atoms with Crippen LogP contribution in [0.1, 0.15) is 21.9 Å². The molecule has 1 unspecified atom stereocenters. The van der Waals surface area contributed by atoms with Crippen molar-refractivity contribution in [3.8, 4) is 5.75 Å². The van der Waals surface area contributed by atoms with E-state index in [4.69, 9.17) is 10.5 Å². The number of ether oxygens (including phenoxy) is 1. The molecule has 0 saturated heterocycles. The molecule has 2 N–H and O–H groups in total. The van der Waals surface area contributed by atoms with Gasteiger partial charge in [-0.1, -0.05) is 17.7 Å². The van der Waals surface area contributed by atoms with E-state index >= 15 is 0 Å². The predicted octanol–water partition coefficient (Wildman–Crippen LogP) is 2.24. The molecule has 14 heavy (non-hydrogen) atoms. The summed E-state index contributed by atoms with van der Waals surface area (Å²) < 4.78 is 5.35. The van der Waals surface area contributed by atoms with Gasteiger partial charge in [0.15, 0.2) is 0 Å². The van der Waals surface area contributed by atoms with Gasteiger partial charge in [0.25, 0.3) is 0 Å². The molecule has 0 bridgehead atoms. The van der Waals surface area contributed by atoms with Gasteiger partial charge in [0.2, 0.25) is 0 Å². The Morgan fingerprint density at radius 3 is 2.57 bits per heavy atom. The minimum Gasteiger partial charge on any atom is -0.496 e. The molecule has 0 saturated carbocycles. The van der Waals surface area contributed by atoms with Crippen LogP contribution < -0.4 is 10.5 Å². The molecule has 0 heterocycles. The van der Waals surface area contributed by atoms with Gasteiger partial charge in [-0.3, -0.25) is 0 Å². The van der Waals surface area contributed by atoms with Gasteiger partial charge in [-0.15, -0.1) is 0 Å². The van der Waals surface area contributed by atoms with Crippen LogP contribution >= 0.6 is 12.6 Å². The predicted molar refractivity (Wildman–Crippen MR) is 63.2 cm³/mol. The maximum absolute atomic E-state index is 5.60. The zero-order chi connectivity index (χ0) is 10.7. The van der Waals surface area contributed by atoms with E-state index in [0.29, 0.717) is 6.54 Å². The minimum absolute atomic E-state index is 0.0450. The first kappa shape index (κ1) is 11.4. The second kappa shape index (κ2) is 4.71. The van der Waals surface area contributed by atoms with E-state index in [1.807, 2.05) is 6.92 Å². The van der Waals surface area contributed by atoms with Crippen molar-refractivity contribution in [2.24, 2.45) is 5.73 Å². The van der Waals surface area contributed by atoms with Crippen LogP contribution in [0.5, 0.6) is 5.75 Å². The summed E-state index contributed by atoms with van der Waals surface area (Å²) in [5.41, 5.74) is 9.02. The van der Waals surface area contributed by atoms with Gasteiger partial charge in [0.1, 0.15) is 5.75 Å². The summed E-state index contributed by atoms with van der Waals surface area (Å²) in [7, 11) is 1.68. The fourth-order valence-corrected chi connectivity index (χ4v) is 1.83. The summed E-state index contributed by atoms with van der Waals surface area (Å²) in [4.78, 5) is 0. The molecule has 1 rings (SSSR count). The highest BCUT2D eigenvalue weighted by atomic mass is 32.1. The van der Waals surface area contributed by atoms with Gasteiger partial charge < -0.3 is 10.5 Å². The van der Waals surface area contributed by atoms with Crippen molar-refractivity contribution in [2.75, 3.05) is 13.7 Å². The maximum atomic E-state index is 5.60. The molecular weight excluding hydrogens is 194 g/mol. The Bertz CT molecular complexity index is 325. The molecule has 3 heteroatoms. The van der Waals surface area contributed by atoms with Crippen molar-refractivity contribution in [2.45, 2.75) is 19.1 Å². The normalized spacial score (nSPS) is 12.6. The SMILES string of the molecule is COc1c(C)cc(C)cc1C(S)CN. The fourth-order valence-electron chi connectivity index (χ4n) is 1.64. The molecule has 2 nitrogen and oxygen atoms in total. The monoisotopic (exact) mass is 211 g/mol. The molecule has 0 spiro atoms. The Balaban J connectivity index is 3.24. The summed E-state index contributed by atoms with van der Waals surface area (Å²) >= 11 is 4.43. The molecule has 1 atom stereocenters. The van der Waals surface area contributed by atoms with Crippen LogP contribution in [0.2, 0.25) is 0 Å². The third-order valence-corrected chi connectivity index (χ3v) is 2.72. The molecular formula is C11H17NOS. The number of thiol groups is 1. The first-order chi connectivity index (χ1) is 6.60. The average Bonchev–Trinajstić information content (AvgIpc) is 2.15. The number of rotatable bonds is 3. The number of methoxy groups -OCH3 is 1. The minimum atomic E-state index is 0.0450. The summed E-state index contributed by atoms with van der Waals surface area (Å²) in [6.45, 7) is 4.61. The lowest BCUT2D eigenvalue weighted by Gasteiger charge is -2.16. The van der Waals surface area contributed by atoms with Crippen LogP contribution in [-0.4, -0.2) is 13.7 Å². The van der Waals surface area contributed by atoms with Crippen molar-refractivity contribution < 1.29 is 4.74 Å². The second-order valence-electron chi connectivity index (χ2n) is 3.46. The number of aryl methyl sites for hydroxylation is 2. The quantitative estimate of drug-likeness (QED) is 0.752. The van der Waals surface area contributed by atoms with Gasteiger partial charge in [-0.05, 0) is 19.4 Å². The Hall–Kier alpha value is -0.670. The van der Waals surface area contributed by atoms with Gasteiger partial charge in [0, 0.05) is 17.4 Å². The molecule has 0 fully saturated rings.